The maximum atomic E-state index is 12.0. The van der Waals surface area contributed by atoms with Gasteiger partial charge in [0.15, 0.2) is 0 Å². The number of anilines is 1. The van der Waals surface area contributed by atoms with E-state index in [0.717, 1.165) is 27.8 Å². The van der Waals surface area contributed by atoms with E-state index in [0.29, 0.717) is 0 Å². The molecular formula is C18H20N4O. The van der Waals surface area contributed by atoms with Gasteiger partial charge < -0.3 is 16.0 Å². The summed E-state index contributed by atoms with van der Waals surface area (Å²) in [6, 6.07) is 11.2. The molecule has 0 radical (unpaired) electrons. The first-order chi connectivity index (χ1) is 11.1. The van der Waals surface area contributed by atoms with Crippen LogP contribution in [0.2, 0.25) is 0 Å². The molecule has 118 valence electrons. The molecule has 0 aliphatic rings. The number of aromatic nitrogens is 2. The van der Waals surface area contributed by atoms with Crippen molar-refractivity contribution in [3.05, 3.63) is 48.8 Å². The number of nitrogens with zero attached hydrogens (tertiary/aromatic N) is 1. The summed E-state index contributed by atoms with van der Waals surface area (Å²) in [5.41, 5.74) is 9.64. The number of aromatic amines is 1. The molecule has 1 amide bonds. The van der Waals surface area contributed by atoms with Crippen molar-refractivity contribution in [3.8, 4) is 11.1 Å². The number of amides is 1. The van der Waals surface area contributed by atoms with Crippen LogP contribution in [0.3, 0.4) is 0 Å². The van der Waals surface area contributed by atoms with Crippen LogP contribution in [0, 0.1) is 5.92 Å². The smallest absolute Gasteiger partial charge is 0.241 e. The Morgan fingerprint density at radius 3 is 2.61 bits per heavy atom. The lowest BCUT2D eigenvalue weighted by atomic mass is 10.0. The van der Waals surface area contributed by atoms with Crippen LogP contribution in [0.15, 0.2) is 48.8 Å². The number of pyridine rings is 1. The average Bonchev–Trinajstić information content (AvgIpc) is 3.03. The topological polar surface area (TPSA) is 83.8 Å². The highest BCUT2D eigenvalue weighted by Crippen LogP contribution is 2.27. The number of nitrogens with two attached hydrogens (primary N) is 1. The Kier molecular flexibility index (Phi) is 4.12. The van der Waals surface area contributed by atoms with Gasteiger partial charge in [0.2, 0.25) is 5.91 Å². The number of H-pyrrole nitrogens is 1. The summed E-state index contributed by atoms with van der Waals surface area (Å²) in [5.74, 6) is -0.0577. The Morgan fingerprint density at radius 1 is 1.17 bits per heavy atom. The normalized spacial score (nSPS) is 12.5. The van der Waals surface area contributed by atoms with Crippen molar-refractivity contribution in [1.82, 2.24) is 9.97 Å². The summed E-state index contributed by atoms with van der Waals surface area (Å²) in [6.45, 7) is 3.86. The average molecular weight is 308 g/mol. The molecule has 0 saturated heterocycles. The Morgan fingerprint density at radius 2 is 1.91 bits per heavy atom. The van der Waals surface area contributed by atoms with Gasteiger partial charge in [-0.05, 0) is 41.3 Å². The molecular weight excluding hydrogens is 288 g/mol. The van der Waals surface area contributed by atoms with E-state index in [1.54, 1.807) is 6.20 Å². The summed E-state index contributed by atoms with van der Waals surface area (Å²) >= 11 is 0. The lowest BCUT2D eigenvalue weighted by molar-refractivity contribution is -0.118. The number of nitrogens with one attached hydrogen (secondary N) is 2. The highest BCUT2D eigenvalue weighted by atomic mass is 16.2. The summed E-state index contributed by atoms with van der Waals surface area (Å²) in [6.07, 6.45) is 3.66. The van der Waals surface area contributed by atoms with E-state index in [2.05, 4.69) is 15.3 Å². The molecule has 2 heterocycles. The molecule has 5 heteroatoms. The van der Waals surface area contributed by atoms with Crippen molar-refractivity contribution in [2.45, 2.75) is 19.9 Å². The zero-order chi connectivity index (χ0) is 16.4. The summed E-state index contributed by atoms with van der Waals surface area (Å²) in [4.78, 5) is 19.4. The van der Waals surface area contributed by atoms with Crippen molar-refractivity contribution < 1.29 is 4.79 Å². The second kappa shape index (κ2) is 6.22. The molecule has 5 nitrogen and oxygen atoms in total. The van der Waals surface area contributed by atoms with E-state index in [4.69, 9.17) is 5.73 Å². The molecule has 0 bridgehead atoms. The summed E-state index contributed by atoms with van der Waals surface area (Å²) < 4.78 is 0. The second-order valence-corrected chi connectivity index (χ2v) is 5.93. The van der Waals surface area contributed by atoms with Crippen LogP contribution in [0.25, 0.3) is 22.2 Å². The molecule has 1 aromatic carbocycles. The number of benzene rings is 1. The fraction of sp³-hybridized carbons (Fsp3) is 0.222. The number of rotatable bonds is 4. The maximum Gasteiger partial charge on any atom is 0.241 e. The molecule has 0 aliphatic carbocycles. The largest absolute Gasteiger partial charge is 0.346 e. The maximum absolute atomic E-state index is 12.0. The molecule has 0 spiro atoms. The molecule has 0 saturated carbocycles. The van der Waals surface area contributed by atoms with E-state index in [1.165, 1.54) is 0 Å². The lowest BCUT2D eigenvalue weighted by Gasteiger charge is -2.15. The van der Waals surface area contributed by atoms with Gasteiger partial charge in [-0.3, -0.25) is 4.79 Å². The van der Waals surface area contributed by atoms with Gasteiger partial charge in [0.25, 0.3) is 0 Å². The van der Waals surface area contributed by atoms with Crippen LogP contribution in [-0.2, 0) is 4.79 Å². The van der Waals surface area contributed by atoms with E-state index in [9.17, 15) is 4.79 Å². The number of carbonyl (C=O) groups excluding carboxylic acids is 1. The third-order valence-electron chi connectivity index (χ3n) is 3.94. The van der Waals surface area contributed by atoms with Gasteiger partial charge >= 0.3 is 0 Å². The van der Waals surface area contributed by atoms with Crippen LogP contribution in [0.4, 0.5) is 5.69 Å². The minimum Gasteiger partial charge on any atom is -0.346 e. The lowest BCUT2D eigenvalue weighted by Crippen LogP contribution is -2.39. The minimum atomic E-state index is -0.505. The zero-order valence-electron chi connectivity index (χ0n) is 13.2. The summed E-state index contributed by atoms with van der Waals surface area (Å²) in [7, 11) is 0. The number of carbonyl (C=O) groups is 1. The van der Waals surface area contributed by atoms with E-state index in [-0.39, 0.29) is 11.8 Å². The van der Waals surface area contributed by atoms with Crippen LogP contribution in [0.5, 0.6) is 0 Å². The van der Waals surface area contributed by atoms with Gasteiger partial charge in [-0.2, -0.15) is 0 Å². The molecule has 23 heavy (non-hydrogen) atoms. The fourth-order valence-electron chi connectivity index (χ4n) is 2.47. The van der Waals surface area contributed by atoms with Crippen LogP contribution in [-0.4, -0.2) is 21.9 Å². The van der Waals surface area contributed by atoms with Gasteiger partial charge in [0.1, 0.15) is 5.65 Å². The van der Waals surface area contributed by atoms with Gasteiger partial charge in [-0.25, -0.2) is 4.98 Å². The second-order valence-electron chi connectivity index (χ2n) is 5.93. The van der Waals surface area contributed by atoms with Gasteiger partial charge in [-0.1, -0.05) is 26.0 Å². The minimum absolute atomic E-state index is 0.105. The van der Waals surface area contributed by atoms with Crippen LogP contribution < -0.4 is 11.1 Å². The molecule has 3 aromatic rings. The zero-order valence-corrected chi connectivity index (χ0v) is 13.2. The van der Waals surface area contributed by atoms with E-state index in [1.807, 2.05) is 56.4 Å². The number of fused-ring (bicyclic) bond motifs is 1. The van der Waals surface area contributed by atoms with Crippen LogP contribution >= 0.6 is 0 Å². The number of hydrogen-bond acceptors (Lipinski definition) is 3. The molecule has 3 rings (SSSR count). The SMILES string of the molecule is CC(C)[C@@H](N)C(=O)Nc1ccc(-c2ccnc3[nH]ccc23)cc1. The van der Waals surface area contributed by atoms with Crippen LogP contribution in [0.1, 0.15) is 13.8 Å². The third-order valence-corrected chi connectivity index (χ3v) is 3.94. The fourth-order valence-corrected chi connectivity index (χ4v) is 2.47. The molecule has 2 aromatic heterocycles. The van der Waals surface area contributed by atoms with Crippen molar-refractivity contribution in [2.75, 3.05) is 5.32 Å². The van der Waals surface area contributed by atoms with E-state index < -0.39 is 6.04 Å². The first kappa shape index (κ1) is 15.2. The third kappa shape index (κ3) is 3.10. The Hall–Kier alpha value is -2.66. The molecule has 0 aliphatic heterocycles. The van der Waals surface area contributed by atoms with Crippen molar-refractivity contribution >= 4 is 22.6 Å². The van der Waals surface area contributed by atoms with Gasteiger partial charge in [-0.15, -0.1) is 0 Å². The van der Waals surface area contributed by atoms with Crippen molar-refractivity contribution in [2.24, 2.45) is 11.7 Å². The van der Waals surface area contributed by atoms with Gasteiger partial charge in [0.05, 0.1) is 6.04 Å². The molecule has 0 unspecified atom stereocenters. The molecule has 0 fully saturated rings. The molecule has 4 N–H and O–H groups in total. The molecule has 1 atom stereocenters. The monoisotopic (exact) mass is 308 g/mol. The summed E-state index contributed by atoms with van der Waals surface area (Å²) in [5, 5.41) is 3.93. The Balaban J connectivity index is 1.83. The first-order valence-corrected chi connectivity index (χ1v) is 7.65. The Labute approximate surface area is 134 Å². The predicted octanol–water partition coefficient (Wildman–Crippen LogP) is 3.15. The standard InChI is InChI=1S/C18H20N4O/c1-11(2)16(19)18(23)22-13-5-3-12(4-6-13)14-7-9-20-17-15(14)8-10-21-17/h3-11,16H,19H2,1-2H3,(H,20,21)(H,22,23)/t16-/m1/s1. The Bertz CT molecular complexity index is 820. The van der Waals surface area contributed by atoms with E-state index >= 15 is 0 Å². The number of hydrogen-bond donors (Lipinski definition) is 3. The van der Waals surface area contributed by atoms with Crippen molar-refractivity contribution in [3.63, 3.8) is 0 Å². The van der Waals surface area contributed by atoms with Crippen molar-refractivity contribution in [1.29, 1.82) is 0 Å². The predicted molar refractivity (Wildman–Crippen MR) is 93.0 cm³/mol. The highest BCUT2D eigenvalue weighted by molar-refractivity contribution is 5.96. The highest BCUT2D eigenvalue weighted by Gasteiger charge is 2.17. The first-order valence-electron chi connectivity index (χ1n) is 7.65. The quantitative estimate of drug-likeness (QED) is 0.692. The van der Waals surface area contributed by atoms with Gasteiger partial charge in [0, 0.05) is 23.5 Å².